The van der Waals surface area contributed by atoms with Crippen molar-refractivity contribution in [2.45, 2.75) is 239 Å². The second-order valence-corrected chi connectivity index (χ2v) is 16.0. The van der Waals surface area contributed by atoms with Gasteiger partial charge in [-0.25, -0.2) is 0 Å². The first-order valence-electron chi connectivity index (χ1n) is 24.3. The molecule has 0 amide bonds. The predicted molar refractivity (Wildman–Crippen MR) is 247 cm³/mol. The molecule has 1 unspecified atom stereocenters. The molecule has 0 heterocycles. The van der Waals surface area contributed by atoms with Gasteiger partial charge in [-0.3, -0.25) is 14.4 Å². The number of unbranched alkanes of at least 4 members (excludes halogenated alkanes) is 22. The van der Waals surface area contributed by atoms with Gasteiger partial charge in [0.15, 0.2) is 6.10 Å². The summed E-state index contributed by atoms with van der Waals surface area (Å²) in [7, 11) is 0. The Morgan fingerprint density at radius 2 is 0.690 bits per heavy atom. The number of esters is 3. The van der Waals surface area contributed by atoms with E-state index in [2.05, 4.69) is 81.5 Å². The van der Waals surface area contributed by atoms with Crippen LogP contribution < -0.4 is 0 Å². The number of carbonyl (C=O) groups excluding carboxylic acids is 3. The highest BCUT2D eigenvalue weighted by Crippen LogP contribution is 2.13. The molecular formula is C52H90O6. The molecule has 6 heteroatoms. The van der Waals surface area contributed by atoms with E-state index in [4.69, 9.17) is 14.2 Å². The molecule has 0 aliphatic carbocycles. The summed E-state index contributed by atoms with van der Waals surface area (Å²) in [6.45, 7) is 6.44. The Morgan fingerprint density at radius 1 is 0.362 bits per heavy atom. The van der Waals surface area contributed by atoms with E-state index in [1.54, 1.807) is 0 Å². The standard InChI is InChI=1S/C52H90O6/c1-4-7-10-13-16-19-22-24-26-27-29-30-33-36-39-42-45-51(54)57-48-49(47-56-50(53)44-41-38-35-32-21-18-15-12-9-6-3)58-52(55)46-43-40-37-34-31-28-25-23-20-17-14-11-8-5-2/h8,11,15,17-18,20,25-28,49H,4-7,9-10,12-14,16,19,21-24,29-48H2,1-3H3/b11-8-,18-15-,20-17-,27-26-,28-25-. The van der Waals surface area contributed by atoms with Crippen molar-refractivity contribution >= 4 is 17.9 Å². The number of carbonyl (C=O) groups is 3. The summed E-state index contributed by atoms with van der Waals surface area (Å²) in [5.74, 6) is -0.936. The minimum atomic E-state index is -0.791. The van der Waals surface area contributed by atoms with Crippen LogP contribution in [0.25, 0.3) is 0 Å². The maximum absolute atomic E-state index is 12.7. The van der Waals surface area contributed by atoms with Crippen LogP contribution in [-0.2, 0) is 28.6 Å². The van der Waals surface area contributed by atoms with Crippen molar-refractivity contribution in [3.05, 3.63) is 60.8 Å². The number of rotatable bonds is 43. The molecule has 0 aromatic carbocycles. The number of hydrogen-bond donors (Lipinski definition) is 0. The van der Waals surface area contributed by atoms with E-state index in [1.807, 2.05) is 0 Å². The fourth-order valence-corrected chi connectivity index (χ4v) is 6.55. The molecule has 6 nitrogen and oxygen atoms in total. The second kappa shape index (κ2) is 46.8. The molecule has 0 aliphatic heterocycles. The van der Waals surface area contributed by atoms with Crippen LogP contribution >= 0.6 is 0 Å². The molecule has 0 spiro atoms. The van der Waals surface area contributed by atoms with Crippen LogP contribution in [0.2, 0.25) is 0 Å². The van der Waals surface area contributed by atoms with Crippen molar-refractivity contribution in [3.8, 4) is 0 Å². The maximum atomic E-state index is 12.7. The van der Waals surface area contributed by atoms with E-state index in [0.29, 0.717) is 19.3 Å². The van der Waals surface area contributed by atoms with Crippen molar-refractivity contribution in [2.24, 2.45) is 0 Å². The first-order chi connectivity index (χ1) is 28.5. The van der Waals surface area contributed by atoms with Crippen LogP contribution in [0.5, 0.6) is 0 Å². The second-order valence-electron chi connectivity index (χ2n) is 16.0. The summed E-state index contributed by atoms with van der Waals surface area (Å²) < 4.78 is 16.7. The van der Waals surface area contributed by atoms with E-state index in [9.17, 15) is 14.4 Å². The fourth-order valence-electron chi connectivity index (χ4n) is 6.55. The first kappa shape index (κ1) is 55.1. The first-order valence-corrected chi connectivity index (χ1v) is 24.3. The van der Waals surface area contributed by atoms with Crippen molar-refractivity contribution < 1.29 is 28.6 Å². The molecular weight excluding hydrogens is 721 g/mol. The summed E-state index contributed by atoms with van der Waals surface area (Å²) in [6, 6.07) is 0. The molecule has 0 bridgehead atoms. The Balaban J connectivity index is 4.41. The van der Waals surface area contributed by atoms with Crippen molar-refractivity contribution in [1.82, 2.24) is 0 Å². The van der Waals surface area contributed by atoms with Gasteiger partial charge in [0, 0.05) is 19.3 Å². The molecule has 0 radical (unpaired) electrons. The van der Waals surface area contributed by atoms with Gasteiger partial charge in [0.2, 0.25) is 0 Å². The largest absolute Gasteiger partial charge is 0.462 e. The van der Waals surface area contributed by atoms with Crippen LogP contribution in [0.15, 0.2) is 60.8 Å². The van der Waals surface area contributed by atoms with Crippen LogP contribution in [0.4, 0.5) is 0 Å². The highest BCUT2D eigenvalue weighted by molar-refractivity contribution is 5.71. The van der Waals surface area contributed by atoms with Crippen molar-refractivity contribution in [3.63, 3.8) is 0 Å². The third kappa shape index (κ3) is 44.2. The zero-order valence-electron chi connectivity index (χ0n) is 38.0. The topological polar surface area (TPSA) is 78.9 Å². The maximum Gasteiger partial charge on any atom is 0.306 e. The zero-order valence-corrected chi connectivity index (χ0v) is 38.0. The Morgan fingerprint density at radius 3 is 1.12 bits per heavy atom. The average Bonchev–Trinajstić information content (AvgIpc) is 3.22. The van der Waals surface area contributed by atoms with E-state index in [0.717, 1.165) is 116 Å². The molecule has 58 heavy (non-hydrogen) atoms. The number of ether oxygens (including phenoxy) is 3. The lowest BCUT2D eigenvalue weighted by Gasteiger charge is -2.18. The Kier molecular flexibility index (Phi) is 44.5. The summed E-state index contributed by atoms with van der Waals surface area (Å²) in [6.07, 6.45) is 56.3. The van der Waals surface area contributed by atoms with Gasteiger partial charge in [-0.2, -0.15) is 0 Å². The third-order valence-corrected chi connectivity index (χ3v) is 10.2. The summed E-state index contributed by atoms with van der Waals surface area (Å²) in [5.41, 5.74) is 0. The molecule has 0 saturated carbocycles. The molecule has 0 aliphatic rings. The molecule has 0 rings (SSSR count). The molecule has 1 atom stereocenters. The van der Waals surface area contributed by atoms with Crippen molar-refractivity contribution in [2.75, 3.05) is 13.2 Å². The molecule has 0 aromatic heterocycles. The van der Waals surface area contributed by atoms with Crippen LogP contribution in [0.3, 0.4) is 0 Å². The summed E-state index contributed by atoms with van der Waals surface area (Å²) in [4.78, 5) is 37.8. The fraction of sp³-hybridized carbons (Fsp3) is 0.750. The summed E-state index contributed by atoms with van der Waals surface area (Å²) >= 11 is 0. The van der Waals surface area contributed by atoms with Gasteiger partial charge in [-0.05, 0) is 96.3 Å². The molecule has 0 saturated heterocycles. The van der Waals surface area contributed by atoms with Gasteiger partial charge in [0.1, 0.15) is 13.2 Å². The van der Waals surface area contributed by atoms with E-state index >= 15 is 0 Å². The quantitative estimate of drug-likeness (QED) is 0.0264. The van der Waals surface area contributed by atoms with Gasteiger partial charge in [-0.15, -0.1) is 0 Å². The SMILES string of the molecule is CC/C=C\C/C=C\C/C=C\CCCCCCC(=O)OC(COC(=O)CCCCCC/C=C\CCCC)COC(=O)CCCCCCC/C=C\CCCCCCCCC. The van der Waals surface area contributed by atoms with Gasteiger partial charge >= 0.3 is 17.9 Å². The minimum absolute atomic E-state index is 0.0915. The lowest BCUT2D eigenvalue weighted by molar-refractivity contribution is -0.167. The van der Waals surface area contributed by atoms with Gasteiger partial charge in [-0.1, -0.05) is 178 Å². The van der Waals surface area contributed by atoms with E-state index in [-0.39, 0.29) is 31.1 Å². The number of allylic oxidation sites excluding steroid dienone is 10. The molecule has 0 aromatic rings. The lowest BCUT2D eigenvalue weighted by atomic mass is 10.1. The summed E-state index contributed by atoms with van der Waals surface area (Å²) in [5, 5.41) is 0. The lowest BCUT2D eigenvalue weighted by Crippen LogP contribution is -2.30. The molecule has 0 N–H and O–H groups in total. The highest BCUT2D eigenvalue weighted by atomic mass is 16.6. The van der Waals surface area contributed by atoms with E-state index < -0.39 is 6.10 Å². The Bertz CT molecular complexity index is 1070. The van der Waals surface area contributed by atoms with Gasteiger partial charge < -0.3 is 14.2 Å². The smallest absolute Gasteiger partial charge is 0.306 e. The third-order valence-electron chi connectivity index (χ3n) is 10.2. The molecule has 0 fully saturated rings. The Hall–Kier alpha value is -2.89. The van der Waals surface area contributed by atoms with E-state index in [1.165, 1.54) is 77.0 Å². The monoisotopic (exact) mass is 811 g/mol. The van der Waals surface area contributed by atoms with Crippen LogP contribution in [-0.4, -0.2) is 37.2 Å². The average molecular weight is 811 g/mol. The normalized spacial score (nSPS) is 12.5. The van der Waals surface area contributed by atoms with Crippen molar-refractivity contribution in [1.29, 1.82) is 0 Å². The minimum Gasteiger partial charge on any atom is -0.462 e. The van der Waals surface area contributed by atoms with Gasteiger partial charge in [0.05, 0.1) is 0 Å². The van der Waals surface area contributed by atoms with Gasteiger partial charge in [0.25, 0.3) is 0 Å². The number of hydrogen-bond acceptors (Lipinski definition) is 6. The predicted octanol–water partition coefficient (Wildman–Crippen LogP) is 15.7. The Labute approximate surface area is 358 Å². The van der Waals surface area contributed by atoms with Crippen LogP contribution in [0.1, 0.15) is 233 Å². The molecule has 334 valence electrons. The highest BCUT2D eigenvalue weighted by Gasteiger charge is 2.19. The van der Waals surface area contributed by atoms with Crippen LogP contribution in [0, 0.1) is 0 Å². The zero-order chi connectivity index (χ0) is 42.3.